The van der Waals surface area contributed by atoms with E-state index in [9.17, 15) is 9.00 Å². The number of benzene rings is 2. The quantitative estimate of drug-likeness (QED) is 0.713. The number of pyridine rings is 1. The number of H-pyrrole nitrogens is 1. The van der Waals surface area contributed by atoms with Gasteiger partial charge < -0.3 is 9.72 Å². The molecule has 5 nitrogen and oxygen atoms in total. The van der Waals surface area contributed by atoms with Crippen LogP contribution in [0.3, 0.4) is 0 Å². The second-order valence-electron chi connectivity index (χ2n) is 5.81. The van der Waals surface area contributed by atoms with Gasteiger partial charge in [0.1, 0.15) is 5.75 Å². The van der Waals surface area contributed by atoms with Gasteiger partial charge in [0.15, 0.2) is 0 Å². The highest BCUT2D eigenvalue weighted by Crippen LogP contribution is 2.23. The molecule has 3 aromatic rings. The fraction of sp³-hybridized carbons (Fsp3) is 0.211. The monoisotopic (exact) mass is 356 g/mol. The lowest BCUT2D eigenvalue weighted by Gasteiger charge is -2.11. The predicted molar refractivity (Wildman–Crippen MR) is 101 cm³/mol. The Morgan fingerprint density at radius 2 is 1.92 bits per heavy atom. The Morgan fingerprint density at radius 1 is 1.12 bits per heavy atom. The lowest BCUT2D eigenvalue weighted by atomic mass is 10.0. The number of fused-ring (bicyclic) bond motifs is 1. The van der Waals surface area contributed by atoms with Crippen LogP contribution in [0.4, 0.5) is 0 Å². The van der Waals surface area contributed by atoms with Crippen molar-refractivity contribution in [3.63, 3.8) is 0 Å². The van der Waals surface area contributed by atoms with Gasteiger partial charge in [0.25, 0.3) is 5.56 Å². The zero-order chi connectivity index (χ0) is 17.8. The normalized spacial score (nSPS) is 12.2. The number of rotatable bonds is 6. The van der Waals surface area contributed by atoms with E-state index in [0.29, 0.717) is 24.3 Å². The van der Waals surface area contributed by atoms with E-state index in [1.54, 1.807) is 13.4 Å². The van der Waals surface area contributed by atoms with Crippen LogP contribution < -0.4 is 15.0 Å². The van der Waals surface area contributed by atoms with Crippen molar-refractivity contribution < 1.29 is 8.95 Å². The number of methoxy groups -OCH3 is 1. The van der Waals surface area contributed by atoms with E-state index >= 15 is 0 Å². The summed E-state index contributed by atoms with van der Waals surface area (Å²) in [7, 11) is 0.545. The van der Waals surface area contributed by atoms with Gasteiger partial charge in [-0.15, -0.1) is 0 Å². The largest absolute Gasteiger partial charge is 0.496 e. The van der Waals surface area contributed by atoms with Gasteiger partial charge in [-0.05, 0) is 34.7 Å². The average molecular weight is 356 g/mol. The van der Waals surface area contributed by atoms with Crippen molar-refractivity contribution >= 4 is 21.9 Å². The minimum absolute atomic E-state index is 0.0899. The molecule has 0 radical (unpaired) electrons. The Kier molecular flexibility index (Phi) is 5.31. The first-order valence-corrected chi connectivity index (χ1v) is 9.46. The summed E-state index contributed by atoms with van der Waals surface area (Å²) in [4.78, 5) is 15.3. The molecule has 0 aliphatic carbocycles. The van der Waals surface area contributed by atoms with Gasteiger partial charge in [0.2, 0.25) is 0 Å². The fourth-order valence-electron chi connectivity index (χ4n) is 2.76. The van der Waals surface area contributed by atoms with Gasteiger partial charge in [0.05, 0.1) is 18.1 Å². The molecule has 0 fully saturated rings. The summed E-state index contributed by atoms with van der Waals surface area (Å²) in [6.07, 6.45) is 2.08. The maximum absolute atomic E-state index is 12.3. The van der Waals surface area contributed by atoms with Crippen LogP contribution in [0.15, 0.2) is 53.3 Å². The van der Waals surface area contributed by atoms with Crippen LogP contribution in [0, 0.1) is 0 Å². The zero-order valence-electron chi connectivity index (χ0n) is 14.2. The Bertz CT molecular complexity index is 982. The minimum atomic E-state index is -1.06. The molecular weight excluding hydrogens is 336 g/mol. The molecule has 1 atom stereocenters. The van der Waals surface area contributed by atoms with Crippen LogP contribution in [0.1, 0.15) is 16.7 Å². The summed E-state index contributed by atoms with van der Waals surface area (Å²) in [6.45, 7) is 0.496. The number of hydrogen-bond donors (Lipinski definition) is 2. The van der Waals surface area contributed by atoms with Gasteiger partial charge in [-0.3, -0.25) is 4.79 Å². The van der Waals surface area contributed by atoms with Gasteiger partial charge in [-0.25, -0.2) is 8.93 Å². The van der Waals surface area contributed by atoms with Crippen molar-refractivity contribution in [2.45, 2.75) is 13.0 Å². The molecule has 0 bridgehead atoms. The van der Waals surface area contributed by atoms with Gasteiger partial charge in [-0.2, -0.15) is 0 Å². The minimum Gasteiger partial charge on any atom is -0.496 e. The molecule has 0 amide bonds. The Hall–Kier alpha value is -2.44. The van der Waals surface area contributed by atoms with Crippen molar-refractivity contribution in [3.05, 3.63) is 75.6 Å². The molecule has 3 rings (SSSR count). The highest BCUT2D eigenvalue weighted by molar-refractivity contribution is 7.82. The summed E-state index contributed by atoms with van der Waals surface area (Å²) >= 11 is 0. The summed E-state index contributed by atoms with van der Waals surface area (Å²) in [5, 5.41) is 1.00. The first-order chi connectivity index (χ1) is 12.1. The summed E-state index contributed by atoms with van der Waals surface area (Å²) in [5.74, 6) is 0.716. The van der Waals surface area contributed by atoms with Crippen molar-refractivity contribution in [2.75, 3.05) is 13.4 Å². The number of ether oxygens (including phenoxy) is 1. The molecule has 1 aromatic heterocycles. The van der Waals surface area contributed by atoms with E-state index in [1.807, 2.05) is 48.5 Å². The van der Waals surface area contributed by atoms with E-state index in [-0.39, 0.29) is 5.56 Å². The average Bonchev–Trinajstić information content (AvgIpc) is 2.61. The smallest absolute Gasteiger partial charge is 0.251 e. The Balaban J connectivity index is 1.90. The zero-order valence-corrected chi connectivity index (χ0v) is 15.0. The first-order valence-electron chi connectivity index (χ1n) is 7.90. The van der Waals surface area contributed by atoms with Crippen molar-refractivity contribution in [1.82, 2.24) is 9.71 Å². The van der Waals surface area contributed by atoms with Crippen LogP contribution in [0.2, 0.25) is 0 Å². The van der Waals surface area contributed by atoms with Gasteiger partial charge in [-0.1, -0.05) is 30.3 Å². The molecule has 0 saturated heterocycles. The van der Waals surface area contributed by atoms with Gasteiger partial charge >= 0.3 is 0 Å². The number of aromatic amines is 1. The maximum atomic E-state index is 12.3. The summed E-state index contributed by atoms with van der Waals surface area (Å²) in [6, 6.07) is 15.4. The Morgan fingerprint density at radius 3 is 2.68 bits per heavy atom. The highest BCUT2D eigenvalue weighted by atomic mass is 32.2. The van der Waals surface area contributed by atoms with E-state index in [1.165, 1.54) is 0 Å². The Labute approximate surface area is 148 Å². The summed E-state index contributed by atoms with van der Waals surface area (Å²) < 4.78 is 19.5. The number of para-hydroxylation sites is 1. The standard InChI is InChI=1S/C19H20N2O3S/c1-24-18-9-13(12-20-25(2)23)7-8-15(18)11-16-10-14-5-3-4-6-17(14)21-19(16)22/h3-10,20H,11-12H2,1-2H3,(H,21,22). The third-order valence-corrected chi connectivity index (χ3v) is 4.59. The van der Waals surface area contributed by atoms with Crippen molar-refractivity contribution in [1.29, 1.82) is 0 Å². The molecular formula is C19H20N2O3S. The number of hydrogen-bond acceptors (Lipinski definition) is 3. The maximum Gasteiger partial charge on any atom is 0.251 e. The molecule has 0 saturated carbocycles. The summed E-state index contributed by atoms with van der Waals surface area (Å²) in [5.41, 5.74) is 3.34. The third-order valence-electron chi connectivity index (χ3n) is 4.04. The predicted octanol–water partition coefficient (Wildman–Crippen LogP) is 2.51. The van der Waals surface area contributed by atoms with E-state index < -0.39 is 11.0 Å². The molecule has 1 heterocycles. The molecule has 0 aliphatic heterocycles. The van der Waals surface area contributed by atoms with E-state index in [4.69, 9.17) is 4.74 Å². The molecule has 130 valence electrons. The lowest BCUT2D eigenvalue weighted by Crippen LogP contribution is -2.15. The second-order valence-corrected chi connectivity index (χ2v) is 7.01. The third kappa shape index (κ3) is 4.15. The molecule has 2 N–H and O–H groups in total. The first kappa shape index (κ1) is 17.4. The topological polar surface area (TPSA) is 71.2 Å². The fourth-order valence-corrected chi connectivity index (χ4v) is 3.13. The molecule has 6 heteroatoms. The molecule has 25 heavy (non-hydrogen) atoms. The highest BCUT2D eigenvalue weighted by Gasteiger charge is 2.09. The van der Waals surface area contributed by atoms with Crippen LogP contribution in [-0.4, -0.2) is 22.6 Å². The van der Waals surface area contributed by atoms with E-state index in [0.717, 1.165) is 22.0 Å². The molecule has 0 spiro atoms. The van der Waals surface area contributed by atoms with Crippen molar-refractivity contribution in [2.24, 2.45) is 0 Å². The van der Waals surface area contributed by atoms with Crippen molar-refractivity contribution in [3.8, 4) is 5.75 Å². The molecule has 1 unspecified atom stereocenters. The van der Waals surface area contributed by atoms with Crippen LogP contribution in [-0.2, 0) is 24.0 Å². The molecule has 2 aromatic carbocycles. The second kappa shape index (κ2) is 7.63. The number of nitrogens with one attached hydrogen (secondary N) is 2. The molecule has 0 aliphatic rings. The van der Waals surface area contributed by atoms with Gasteiger partial charge in [0, 0.05) is 30.3 Å². The van der Waals surface area contributed by atoms with E-state index in [2.05, 4.69) is 9.71 Å². The van der Waals surface area contributed by atoms with Crippen LogP contribution >= 0.6 is 0 Å². The van der Waals surface area contributed by atoms with Crippen LogP contribution in [0.5, 0.6) is 5.75 Å². The SMILES string of the molecule is COc1cc(CNS(C)=O)ccc1Cc1cc2ccccc2[nH]c1=O. The lowest BCUT2D eigenvalue weighted by molar-refractivity contribution is 0.410. The van der Waals surface area contributed by atoms with Crippen LogP contribution in [0.25, 0.3) is 10.9 Å². The number of aromatic nitrogens is 1.